The van der Waals surface area contributed by atoms with E-state index < -0.39 is 47.7 Å². The number of allylic oxidation sites excluding steroid dienone is 1. The van der Waals surface area contributed by atoms with Crippen molar-refractivity contribution in [2.45, 2.75) is 119 Å². The van der Waals surface area contributed by atoms with Crippen molar-refractivity contribution in [2.24, 2.45) is 11.8 Å². The average molecular weight is 708 g/mol. The minimum Gasteiger partial charge on any atom is -0.455 e. The lowest BCUT2D eigenvalue weighted by atomic mass is 9.70. The topological polar surface area (TPSA) is 135 Å². The average Bonchev–Trinajstić information content (AvgIpc) is 3.79. The normalized spacial score (nSPS) is 26.7. The van der Waals surface area contributed by atoms with Crippen molar-refractivity contribution in [2.75, 3.05) is 33.4 Å². The molecule has 280 valence electrons. The molecule has 3 amide bonds. The number of unbranched alkanes of at least 4 members (excludes halogenated alkanes) is 3. The summed E-state index contributed by atoms with van der Waals surface area (Å²) in [7, 11) is 1.52. The van der Waals surface area contributed by atoms with Crippen molar-refractivity contribution >= 4 is 23.7 Å². The molecule has 0 aromatic heterocycles. The Morgan fingerprint density at radius 3 is 2.51 bits per heavy atom. The number of benzene rings is 1. The van der Waals surface area contributed by atoms with Gasteiger partial charge in [-0.15, -0.1) is 13.2 Å². The summed E-state index contributed by atoms with van der Waals surface area (Å²) in [5.41, 5.74) is -0.465. The van der Waals surface area contributed by atoms with E-state index in [1.807, 2.05) is 35.2 Å². The van der Waals surface area contributed by atoms with Crippen LogP contribution in [-0.4, -0.2) is 102 Å². The van der Waals surface area contributed by atoms with Crippen LogP contribution in [0.3, 0.4) is 0 Å². The molecule has 1 spiro atoms. The second-order valence-corrected chi connectivity index (χ2v) is 14.5. The summed E-state index contributed by atoms with van der Waals surface area (Å²) in [4.78, 5) is 60.4. The number of methoxy groups -OCH3 is 1. The van der Waals surface area contributed by atoms with E-state index in [-0.39, 0.29) is 43.4 Å². The number of esters is 1. The Kier molecular flexibility index (Phi) is 13.9. The van der Waals surface area contributed by atoms with Gasteiger partial charge in [-0.05, 0) is 50.5 Å². The fourth-order valence-corrected chi connectivity index (χ4v) is 8.92. The van der Waals surface area contributed by atoms with E-state index in [1.165, 1.54) is 7.11 Å². The van der Waals surface area contributed by atoms with E-state index in [0.717, 1.165) is 44.9 Å². The van der Waals surface area contributed by atoms with E-state index in [9.17, 15) is 24.3 Å². The predicted molar refractivity (Wildman–Crippen MR) is 192 cm³/mol. The number of rotatable bonds is 20. The van der Waals surface area contributed by atoms with Gasteiger partial charge in [-0.3, -0.25) is 19.2 Å². The number of aliphatic hydroxyl groups is 1. The first-order valence-corrected chi connectivity index (χ1v) is 19.0. The van der Waals surface area contributed by atoms with Gasteiger partial charge in [0, 0.05) is 39.3 Å². The number of nitrogens with one attached hydrogen (secondary N) is 1. The lowest BCUT2D eigenvalue weighted by Gasteiger charge is -2.40. The van der Waals surface area contributed by atoms with E-state index >= 15 is 0 Å². The molecule has 3 saturated heterocycles. The van der Waals surface area contributed by atoms with Crippen molar-refractivity contribution in [3.05, 3.63) is 61.2 Å². The molecule has 3 aliphatic heterocycles. The first-order chi connectivity index (χ1) is 24.8. The third-order valence-electron chi connectivity index (χ3n) is 11.2. The van der Waals surface area contributed by atoms with Crippen LogP contribution in [0.15, 0.2) is 55.6 Å². The number of hydrogen-bond donors (Lipinski definition) is 2. The number of carbonyl (C=O) groups is 4. The van der Waals surface area contributed by atoms with Gasteiger partial charge in [-0.25, -0.2) is 0 Å². The fraction of sp³-hybridized carbons (Fsp3) is 0.650. The third-order valence-corrected chi connectivity index (χ3v) is 11.2. The van der Waals surface area contributed by atoms with Crippen LogP contribution in [0.4, 0.5) is 0 Å². The van der Waals surface area contributed by atoms with Gasteiger partial charge >= 0.3 is 5.97 Å². The van der Waals surface area contributed by atoms with Gasteiger partial charge < -0.3 is 34.4 Å². The highest BCUT2D eigenvalue weighted by atomic mass is 16.6. The van der Waals surface area contributed by atoms with Gasteiger partial charge in [0.2, 0.25) is 17.7 Å². The molecule has 7 atom stereocenters. The minimum atomic E-state index is -1.14. The molecular formula is C40H57N3O8. The zero-order chi connectivity index (χ0) is 36.4. The van der Waals surface area contributed by atoms with E-state index in [0.29, 0.717) is 50.8 Å². The zero-order valence-corrected chi connectivity index (χ0v) is 30.2. The van der Waals surface area contributed by atoms with Crippen molar-refractivity contribution in [1.82, 2.24) is 15.1 Å². The maximum absolute atomic E-state index is 14.8. The van der Waals surface area contributed by atoms with Crippen LogP contribution < -0.4 is 5.32 Å². The number of fused-ring (bicyclic) bond motifs is 1. The molecule has 0 radical (unpaired) electrons. The quantitative estimate of drug-likeness (QED) is 0.114. The smallest absolute Gasteiger partial charge is 0.313 e. The third kappa shape index (κ3) is 8.42. The molecule has 2 bridgehead atoms. The Labute approximate surface area is 302 Å². The largest absolute Gasteiger partial charge is 0.455 e. The molecule has 1 saturated carbocycles. The molecule has 1 aliphatic carbocycles. The highest BCUT2D eigenvalue weighted by molar-refractivity contribution is 5.98. The van der Waals surface area contributed by atoms with E-state index in [2.05, 4.69) is 18.5 Å². The Hall–Kier alpha value is -3.54. The number of ether oxygens (including phenoxy) is 3. The highest BCUT2D eigenvalue weighted by Crippen LogP contribution is 2.59. The van der Waals surface area contributed by atoms with Gasteiger partial charge in [0.25, 0.3) is 0 Å². The summed E-state index contributed by atoms with van der Waals surface area (Å²) < 4.78 is 18.6. The molecule has 11 heteroatoms. The van der Waals surface area contributed by atoms with E-state index in [4.69, 9.17) is 14.2 Å². The molecule has 1 aromatic carbocycles. The first-order valence-electron chi connectivity index (χ1n) is 19.0. The summed E-state index contributed by atoms with van der Waals surface area (Å²) in [5.74, 6) is -2.96. The van der Waals surface area contributed by atoms with Crippen LogP contribution >= 0.6 is 0 Å². The number of amides is 3. The van der Waals surface area contributed by atoms with Crippen LogP contribution in [0.25, 0.3) is 0 Å². The Morgan fingerprint density at radius 2 is 1.82 bits per heavy atom. The zero-order valence-electron chi connectivity index (χ0n) is 30.2. The van der Waals surface area contributed by atoms with Gasteiger partial charge in [-0.2, -0.15) is 0 Å². The SMILES string of the molecule is C=CCCC(=O)N[C@H](COC)[C@H](OC(=O)[C@@H]1[C@H]2C(=O)N(CCCCCCO)[C@H](C(=O)N(CC=C)C3CCCCC3)[C@]23CC[C@H]1O3)c1ccccc1. The van der Waals surface area contributed by atoms with Gasteiger partial charge in [0.05, 0.1) is 30.6 Å². The summed E-state index contributed by atoms with van der Waals surface area (Å²) >= 11 is 0. The van der Waals surface area contributed by atoms with Crippen LogP contribution in [0.5, 0.6) is 0 Å². The van der Waals surface area contributed by atoms with Crippen molar-refractivity contribution in [3.63, 3.8) is 0 Å². The maximum Gasteiger partial charge on any atom is 0.313 e. The summed E-state index contributed by atoms with van der Waals surface area (Å²) in [6.07, 6.45) is 11.7. The number of aliphatic hydroxyl groups excluding tert-OH is 1. The minimum absolute atomic E-state index is 0.0617. The lowest BCUT2D eigenvalue weighted by Crippen LogP contribution is -2.58. The Morgan fingerprint density at radius 1 is 1.08 bits per heavy atom. The Bertz CT molecular complexity index is 1370. The van der Waals surface area contributed by atoms with Crippen molar-refractivity contribution < 1.29 is 38.5 Å². The highest BCUT2D eigenvalue weighted by Gasteiger charge is 2.75. The molecule has 1 aromatic rings. The standard InChI is InChI=1S/C40H57N3O8/c1-4-6-21-32(45)41-30(27-49-3)35(28-17-11-9-12-18-28)50-39(48)33-31-22-23-40(51-31)34(33)37(46)43(25-15-7-8-16-26-44)36(40)38(47)42(24-5-2)29-19-13-10-14-20-29/h4-5,9,11-12,17-18,29-31,33-36,44H,1-2,6-8,10,13-16,19-27H2,3H3,(H,41,45)/t30-,31-,33+,34+,35-,36-,40+/m1/s1. The summed E-state index contributed by atoms with van der Waals surface area (Å²) in [6, 6.07) is 7.72. The van der Waals surface area contributed by atoms with Crippen LogP contribution in [0.1, 0.15) is 95.1 Å². The molecule has 0 unspecified atom stereocenters. The summed E-state index contributed by atoms with van der Waals surface area (Å²) in [6.45, 7) is 8.59. The number of carbonyl (C=O) groups excluding carboxylic acids is 4. The van der Waals surface area contributed by atoms with Gasteiger partial charge in [0.1, 0.15) is 17.7 Å². The molecule has 3 heterocycles. The molecule has 11 nitrogen and oxygen atoms in total. The number of likely N-dealkylation sites (tertiary alicyclic amines) is 1. The van der Waals surface area contributed by atoms with Crippen molar-refractivity contribution in [1.29, 1.82) is 0 Å². The lowest BCUT2D eigenvalue weighted by molar-refractivity contribution is -0.163. The number of hydrogen-bond acceptors (Lipinski definition) is 8. The second kappa shape index (κ2) is 18.3. The van der Waals surface area contributed by atoms with Gasteiger partial charge in [0.15, 0.2) is 0 Å². The van der Waals surface area contributed by atoms with Gasteiger partial charge in [-0.1, -0.05) is 74.6 Å². The summed E-state index contributed by atoms with van der Waals surface area (Å²) in [5, 5.41) is 12.3. The van der Waals surface area contributed by atoms with Crippen LogP contribution in [-0.2, 0) is 33.4 Å². The monoisotopic (exact) mass is 707 g/mol. The van der Waals surface area contributed by atoms with Crippen LogP contribution in [0.2, 0.25) is 0 Å². The molecule has 2 N–H and O–H groups in total. The predicted octanol–water partition coefficient (Wildman–Crippen LogP) is 4.64. The Balaban J connectivity index is 1.45. The van der Waals surface area contributed by atoms with E-state index in [1.54, 1.807) is 17.1 Å². The number of nitrogens with zero attached hydrogens (tertiary/aromatic N) is 2. The molecular weight excluding hydrogens is 650 g/mol. The second-order valence-electron chi connectivity index (χ2n) is 14.5. The fourth-order valence-electron chi connectivity index (χ4n) is 8.92. The molecule has 4 aliphatic rings. The molecule has 4 fully saturated rings. The van der Waals surface area contributed by atoms with Crippen LogP contribution in [0, 0.1) is 11.8 Å². The van der Waals surface area contributed by atoms with Crippen molar-refractivity contribution in [3.8, 4) is 0 Å². The first kappa shape index (κ1) is 38.7. The molecule has 5 rings (SSSR count). The molecule has 51 heavy (non-hydrogen) atoms. The maximum atomic E-state index is 14.8.